The second-order valence-corrected chi connectivity index (χ2v) is 5.90. The third-order valence-electron chi connectivity index (χ3n) is 4.54. The zero-order chi connectivity index (χ0) is 14.5. The molecule has 1 aliphatic heterocycles. The van der Waals surface area contributed by atoms with Crippen molar-refractivity contribution in [3.8, 4) is 5.75 Å². The second kappa shape index (κ2) is 7.09. The third-order valence-corrected chi connectivity index (χ3v) is 4.54. The lowest BCUT2D eigenvalue weighted by atomic mass is 9.90. The largest absolute Gasteiger partial charge is 0.496 e. The molecule has 20 heavy (non-hydrogen) atoms. The summed E-state index contributed by atoms with van der Waals surface area (Å²) in [6, 6.07) is 7.13. The highest BCUT2D eigenvalue weighted by atomic mass is 16.5. The van der Waals surface area contributed by atoms with E-state index in [4.69, 9.17) is 4.74 Å². The van der Waals surface area contributed by atoms with Crippen LogP contribution in [0.2, 0.25) is 0 Å². The van der Waals surface area contributed by atoms with Gasteiger partial charge in [0, 0.05) is 24.7 Å². The number of nitrogens with one attached hydrogen (secondary N) is 1. The number of aryl methyl sites for hydroxylation is 1. The average molecular weight is 276 g/mol. The van der Waals surface area contributed by atoms with E-state index in [-0.39, 0.29) is 0 Å². The molecule has 112 valence electrons. The highest BCUT2D eigenvalue weighted by Crippen LogP contribution is 2.25. The number of nitrogens with zero attached hydrogens (tertiary/aromatic N) is 1. The Bertz CT molecular complexity index is 433. The summed E-state index contributed by atoms with van der Waals surface area (Å²) >= 11 is 0. The first-order valence-electron chi connectivity index (χ1n) is 7.71. The molecule has 3 nitrogen and oxygen atoms in total. The second-order valence-electron chi connectivity index (χ2n) is 5.90. The fraction of sp³-hybridized carbons (Fsp3) is 0.647. The monoisotopic (exact) mass is 276 g/mol. The summed E-state index contributed by atoms with van der Waals surface area (Å²) in [6.07, 6.45) is 2.48. The van der Waals surface area contributed by atoms with Crippen LogP contribution in [0.5, 0.6) is 5.75 Å². The molecule has 0 aromatic heterocycles. The van der Waals surface area contributed by atoms with Crippen molar-refractivity contribution in [2.75, 3.05) is 27.2 Å². The van der Waals surface area contributed by atoms with Gasteiger partial charge in [-0.3, -0.25) is 4.90 Å². The van der Waals surface area contributed by atoms with Crippen LogP contribution in [0.3, 0.4) is 0 Å². The van der Waals surface area contributed by atoms with E-state index in [1.54, 1.807) is 7.11 Å². The number of hydrogen-bond acceptors (Lipinski definition) is 3. The van der Waals surface area contributed by atoms with Gasteiger partial charge in [-0.2, -0.15) is 0 Å². The zero-order valence-corrected chi connectivity index (χ0v) is 13.3. The van der Waals surface area contributed by atoms with Crippen molar-refractivity contribution < 1.29 is 4.74 Å². The van der Waals surface area contributed by atoms with Crippen molar-refractivity contribution in [1.29, 1.82) is 0 Å². The molecule has 1 heterocycles. The SMILES string of the molecule is CCC1CN(Cc2cc(C)ccc2OC)CCC1NC. The van der Waals surface area contributed by atoms with Crippen LogP contribution in [0.1, 0.15) is 30.9 Å². The summed E-state index contributed by atoms with van der Waals surface area (Å²) in [5, 5.41) is 3.47. The first-order chi connectivity index (χ1) is 9.67. The van der Waals surface area contributed by atoms with Crippen molar-refractivity contribution in [2.45, 2.75) is 39.3 Å². The molecule has 0 radical (unpaired) electrons. The van der Waals surface area contributed by atoms with Crippen LogP contribution in [-0.2, 0) is 6.54 Å². The Balaban J connectivity index is 2.05. The zero-order valence-electron chi connectivity index (χ0n) is 13.3. The van der Waals surface area contributed by atoms with Gasteiger partial charge < -0.3 is 10.1 Å². The number of hydrogen-bond donors (Lipinski definition) is 1. The van der Waals surface area contributed by atoms with E-state index in [9.17, 15) is 0 Å². The molecular formula is C17H28N2O. The Morgan fingerprint density at radius 1 is 1.40 bits per heavy atom. The molecule has 1 aromatic carbocycles. The van der Waals surface area contributed by atoms with E-state index in [1.165, 1.54) is 37.1 Å². The minimum Gasteiger partial charge on any atom is -0.496 e. The lowest BCUT2D eigenvalue weighted by molar-refractivity contribution is 0.131. The number of rotatable bonds is 5. The fourth-order valence-electron chi connectivity index (χ4n) is 3.32. The summed E-state index contributed by atoms with van der Waals surface area (Å²) in [5.74, 6) is 1.77. The Hall–Kier alpha value is -1.06. The molecule has 3 heteroatoms. The molecule has 0 aliphatic carbocycles. The lowest BCUT2D eigenvalue weighted by Crippen LogP contribution is -2.47. The molecule has 1 N–H and O–H groups in total. The van der Waals surface area contributed by atoms with Crippen LogP contribution in [0, 0.1) is 12.8 Å². The van der Waals surface area contributed by atoms with Crippen LogP contribution in [0.25, 0.3) is 0 Å². The molecule has 2 rings (SSSR count). The molecule has 1 saturated heterocycles. The molecule has 2 unspecified atom stereocenters. The predicted molar refractivity (Wildman–Crippen MR) is 84.3 cm³/mol. The molecule has 1 fully saturated rings. The van der Waals surface area contributed by atoms with Crippen molar-refractivity contribution in [3.63, 3.8) is 0 Å². The predicted octanol–water partition coefficient (Wildman–Crippen LogP) is 2.82. The maximum absolute atomic E-state index is 5.50. The van der Waals surface area contributed by atoms with Gasteiger partial charge in [-0.1, -0.05) is 31.0 Å². The van der Waals surface area contributed by atoms with Gasteiger partial charge in [-0.05, 0) is 38.9 Å². The van der Waals surface area contributed by atoms with Gasteiger partial charge in [-0.15, -0.1) is 0 Å². The number of methoxy groups -OCH3 is 1. The maximum Gasteiger partial charge on any atom is 0.123 e. The highest BCUT2D eigenvalue weighted by Gasteiger charge is 2.27. The van der Waals surface area contributed by atoms with Crippen molar-refractivity contribution in [2.24, 2.45) is 5.92 Å². The lowest BCUT2D eigenvalue weighted by Gasteiger charge is -2.38. The molecule has 1 aliphatic rings. The van der Waals surface area contributed by atoms with Gasteiger partial charge in [0.05, 0.1) is 7.11 Å². The van der Waals surface area contributed by atoms with E-state index in [2.05, 4.69) is 49.3 Å². The van der Waals surface area contributed by atoms with Crippen molar-refractivity contribution >= 4 is 0 Å². The minimum absolute atomic E-state index is 0.677. The third kappa shape index (κ3) is 3.53. The first kappa shape index (κ1) is 15.3. The van der Waals surface area contributed by atoms with E-state index in [0.29, 0.717) is 6.04 Å². The van der Waals surface area contributed by atoms with Gasteiger partial charge in [0.25, 0.3) is 0 Å². The van der Waals surface area contributed by atoms with Gasteiger partial charge >= 0.3 is 0 Å². The molecule has 1 aromatic rings. The standard InChI is InChI=1S/C17H28N2O/c1-5-14-11-19(9-8-16(14)18-3)12-15-10-13(2)6-7-17(15)20-4/h6-7,10,14,16,18H,5,8-9,11-12H2,1-4H3. The summed E-state index contributed by atoms with van der Waals surface area (Å²) < 4.78 is 5.50. The van der Waals surface area contributed by atoms with Crippen molar-refractivity contribution in [3.05, 3.63) is 29.3 Å². The normalized spacial score (nSPS) is 23.8. The van der Waals surface area contributed by atoms with Gasteiger partial charge in [0.1, 0.15) is 5.75 Å². The molecular weight excluding hydrogens is 248 g/mol. The van der Waals surface area contributed by atoms with Gasteiger partial charge in [0.2, 0.25) is 0 Å². The smallest absolute Gasteiger partial charge is 0.123 e. The summed E-state index contributed by atoms with van der Waals surface area (Å²) in [6.45, 7) is 7.78. The molecule has 0 bridgehead atoms. The van der Waals surface area contributed by atoms with Crippen LogP contribution in [0.4, 0.5) is 0 Å². The Kier molecular flexibility index (Phi) is 5.44. The summed E-state index contributed by atoms with van der Waals surface area (Å²) in [5.41, 5.74) is 2.61. The number of ether oxygens (including phenoxy) is 1. The highest BCUT2D eigenvalue weighted by molar-refractivity contribution is 5.36. The Labute approximate surface area is 123 Å². The number of piperidine rings is 1. The van der Waals surface area contributed by atoms with E-state index in [1.807, 2.05) is 0 Å². The Morgan fingerprint density at radius 3 is 2.85 bits per heavy atom. The van der Waals surface area contributed by atoms with E-state index >= 15 is 0 Å². The minimum atomic E-state index is 0.677. The summed E-state index contributed by atoms with van der Waals surface area (Å²) in [7, 11) is 3.85. The summed E-state index contributed by atoms with van der Waals surface area (Å²) in [4.78, 5) is 2.57. The molecule has 0 saturated carbocycles. The van der Waals surface area contributed by atoms with Crippen LogP contribution >= 0.6 is 0 Å². The number of likely N-dealkylation sites (tertiary alicyclic amines) is 1. The van der Waals surface area contributed by atoms with Gasteiger partial charge in [-0.25, -0.2) is 0 Å². The fourth-order valence-corrected chi connectivity index (χ4v) is 3.32. The maximum atomic E-state index is 5.50. The van der Waals surface area contributed by atoms with E-state index in [0.717, 1.165) is 18.2 Å². The first-order valence-corrected chi connectivity index (χ1v) is 7.71. The van der Waals surface area contributed by atoms with E-state index < -0.39 is 0 Å². The van der Waals surface area contributed by atoms with Crippen LogP contribution in [0.15, 0.2) is 18.2 Å². The van der Waals surface area contributed by atoms with Gasteiger partial charge in [0.15, 0.2) is 0 Å². The average Bonchev–Trinajstić information content (AvgIpc) is 2.47. The quantitative estimate of drug-likeness (QED) is 0.895. The van der Waals surface area contributed by atoms with Crippen molar-refractivity contribution in [1.82, 2.24) is 10.2 Å². The number of benzene rings is 1. The van der Waals surface area contributed by atoms with Crippen LogP contribution in [-0.4, -0.2) is 38.2 Å². The van der Waals surface area contributed by atoms with Crippen LogP contribution < -0.4 is 10.1 Å². The molecule has 2 atom stereocenters. The topological polar surface area (TPSA) is 24.5 Å². The molecule has 0 amide bonds. The molecule has 0 spiro atoms. The Morgan fingerprint density at radius 2 is 2.20 bits per heavy atom.